The first kappa shape index (κ1) is 15.5. The Hall–Kier alpha value is -1.87. The molecule has 0 saturated carbocycles. The van der Waals surface area contributed by atoms with Gasteiger partial charge in [0.15, 0.2) is 0 Å². The number of hydrogen-bond acceptors (Lipinski definition) is 2. The van der Waals surface area contributed by atoms with E-state index in [0.29, 0.717) is 5.56 Å². The Labute approximate surface area is 126 Å². The molecule has 21 heavy (non-hydrogen) atoms. The molecule has 0 heterocycles. The summed E-state index contributed by atoms with van der Waals surface area (Å²) < 4.78 is 19.4. The van der Waals surface area contributed by atoms with Crippen LogP contribution in [0.2, 0.25) is 0 Å². The van der Waals surface area contributed by atoms with Crippen molar-refractivity contribution in [2.75, 3.05) is 7.11 Å². The summed E-state index contributed by atoms with van der Waals surface area (Å²) in [6, 6.07) is 14.9. The number of rotatable bonds is 6. The Balaban J connectivity index is 2.20. The van der Waals surface area contributed by atoms with Crippen LogP contribution in [0.3, 0.4) is 0 Å². The molecule has 0 radical (unpaired) electrons. The third-order valence-electron chi connectivity index (χ3n) is 3.75. The lowest BCUT2D eigenvalue weighted by Gasteiger charge is -2.24. The molecule has 0 bridgehead atoms. The first-order chi connectivity index (χ1) is 10.2. The predicted molar refractivity (Wildman–Crippen MR) is 84.0 cm³/mol. The topological polar surface area (TPSA) is 21.3 Å². The van der Waals surface area contributed by atoms with Gasteiger partial charge in [-0.1, -0.05) is 43.3 Å². The molecule has 0 saturated heterocycles. The van der Waals surface area contributed by atoms with Gasteiger partial charge in [0.05, 0.1) is 7.11 Å². The second kappa shape index (κ2) is 7.23. The Morgan fingerprint density at radius 2 is 1.67 bits per heavy atom. The largest absolute Gasteiger partial charge is 0.496 e. The van der Waals surface area contributed by atoms with Crippen molar-refractivity contribution >= 4 is 0 Å². The molecule has 0 aliphatic rings. The van der Waals surface area contributed by atoms with E-state index in [1.165, 1.54) is 6.07 Å². The van der Waals surface area contributed by atoms with Gasteiger partial charge in [0.2, 0.25) is 0 Å². The van der Waals surface area contributed by atoms with Gasteiger partial charge >= 0.3 is 0 Å². The third kappa shape index (κ3) is 3.61. The van der Waals surface area contributed by atoms with E-state index in [9.17, 15) is 4.39 Å². The number of benzene rings is 2. The summed E-state index contributed by atoms with van der Waals surface area (Å²) >= 11 is 0. The molecular formula is C18H22FNO. The number of hydrogen-bond donors (Lipinski definition) is 1. The van der Waals surface area contributed by atoms with Gasteiger partial charge in [-0.25, -0.2) is 4.39 Å². The van der Waals surface area contributed by atoms with Crippen LogP contribution < -0.4 is 10.1 Å². The maximum Gasteiger partial charge on any atom is 0.127 e. The molecule has 1 unspecified atom stereocenters. The van der Waals surface area contributed by atoms with Crippen LogP contribution in [0.15, 0.2) is 48.5 Å². The number of nitrogens with one attached hydrogen (secondary N) is 1. The zero-order valence-electron chi connectivity index (χ0n) is 12.8. The molecule has 0 aliphatic carbocycles. The lowest BCUT2D eigenvalue weighted by atomic mass is 10.0. The van der Waals surface area contributed by atoms with Crippen LogP contribution in [-0.2, 0) is 0 Å². The quantitative estimate of drug-likeness (QED) is 0.836. The van der Waals surface area contributed by atoms with Gasteiger partial charge in [-0.2, -0.15) is 0 Å². The first-order valence-electron chi connectivity index (χ1n) is 7.30. The van der Waals surface area contributed by atoms with Crippen LogP contribution in [0.25, 0.3) is 0 Å². The molecule has 0 fully saturated rings. The minimum Gasteiger partial charge on any atom is -0.496 e. The van der Waals surface area contributed by atoms with Crippen LogP contribution in [0.4, 0.5) is 4.39 Å². The fourth-order valence-corrected chi connectivity index (χ4v) is 2.60. The first-order valence-corrected chi connectivity index (χ1v) is 7.30. The molecule has 0 spiro atoms. The molecule has 112 valence electrons. The Bertz CT molecular complexity index is 585. The van der Waals surface area contributed by atoms with Gasteiger partial charge in [0.1, 0.15) is 11.6 Å². The normalized spacial score (nSPS) is 13.7. The molecule has 2 aromatic carbocycles. The fourth-order valence-electron chi connectivity index (χ4n) is 2.60. The van der Waals surface area contributed by atoms with Crippen molar-refractivity contribution in [2.45, 2.75) is 32.4 Å². The SMILES string of the molecule is CCC(N[C@@H](C)c1ccccc1OC)c1ccccc1F. The van der Waals surface area contributed by atoms with Gasteiger partial charge in [-0.15, -0.1) is 0 Å². The minimum absolute atomic E-state index is 0.0221. The molecule has 2 atom stereocenters. The van der Waals surface area contributed by atoms with Crippen molar-refractivity contribution in [1.82, 2.24) is 5.32 Å². The summed E-state index contributed by atoms with van der Waals surface area (Å²) in [7, 11) is 1.67. The van der Waals surface area contributed by atoms with Crippen LogP contribution in [0.1, 0.15) is 43.5 Å². The van der Waals surface area contributed by atoms with E-state index >= 15 is 0 Å². The average molecular weight is 287 g/mol. The monoisotopic (exact) mass is 287 g/mol. The second-order valence-electron chi connectivity index (χ2n) is 5.11. The molecule has 2 rings (SSSR count). The van der Waals surface area contributed by atoms with Gasteiger partial charge in [0, 0.05) is 23.2 Å². The lowest BCUT2D eigenvalue weighted by molar-refractivity contribution is 0.389. The molecule has 2 aromatic rings. The summed E-state index contributed by atoms with van der Waals surface area (Å²) in [6.45, 7) is 4.13. The summed E-state index contributed by atoms with van der Waals surface area (Å²) in [6.07, 6.45) is 0.820. The molecule has 0 aliphatic heterocycles. The van der Waals surface area contributed by atoms with E-state index in [1.54, 1.807) is 13.2 Å². The maximum absolute atomic E-state index is 14.0. The number of methoxy groups -OCH3 is 1. The zero-order chi connectivity index (χ0) is 15.2. The van der Waals surface area contributed by atoms with Crippen molar-refractivity contribution in [1.29, 1.82) is 0 Å². The van der Waals surface area contributed by atoms with Gasteiger partial charge in [-0.3, -0.25) is 0 Å². The maximum atomic E-state index is 14.0. The number of ether oxygens (including phenoxy) is 1. The Morgan fingerprint density at radius 3 is 2.29 bits per heavy atom. The molecule has 2 nitrogen and oxygen atoms in total. The fraction of sp³-hybridized carbons (Fsp3) is 0.333. The highest BCUT2D eigenvalue weighted by molar-refractivity contribution is 5.36. The van der Waals surface area contributed by atoms with Gasteiger partial charge in [0.25, 0.3) is 0 Å². The van der Waals surface area contributed by atoms with Crippen molar-refractivity contribution in [3.05, 3.63) is 65.5 Å². The number of halogens is 1. The summed E-state index contributed by atoms with van der Waals surface area (Å²) in [4.78, 5) is 0. The van der Waals surface area contributed by atoms with Crippen LogP contribution in [0.5, 0.6) is 5.75 Å². The Kier molecular flexibility index (Phi) is 5.34. The summed E-state index contributed by atoms with van der Waals surface area (Å²) in [5.41, 5.74) is 1.79. The highest BCUT2D eigenvalue weighted by Crippen LogP contribution is 2.28. The lowest BCUT2D eigenvalue weighted by Crippen LogP contribution is -2.25. The van der Waals surface area contributed by atoms with E-state index in [0.717, 1.165) is 17.7 Å². The highest BCUT2D eigenvalue weighted by atomic mass is 19.1. The molecular weight excluding hydrogens is 265 g/mol. The van der Waals surface area contributed by atoms with Crippen molar-refractivity contribution < 1.29 is 9.13 Å². The van der Waals surface area contributed by atoms with Crippen LogP contribution >= 0.6 is 0 Å². The zero-order valence-corrected chi connectivity index (χ0v) is 12.8. The average Bonchev–Trinajstić information content (AvgIpc) is 2.53. The van der Waals surface area contributed by atoms with Gasteiger partial charge in [-0.05, 0) is 25.5 Å². The molecule has 0 aromatic heterocycles. The highest BCUT2D eigenvalue weighted by Gasteiger charge is 2.18. The van der Waals surface area contributed by atoms with Crippen LogP contribution in [0, 0.1) is 5.82 Å². The van der Waals surface area contributed by atoms with E-state index in [4.69, 9.17) is 4.74 Å². The predicted octanol–water partition coefficient (Wildman–Crippen LogP) is 4.64. The van der Waals surface area contributed by atoms with E-state index < -0.39 is 0 Å². The molecule has 3 heteroatoms. The Morgan fingerprint density at radius 1 is 1.05 bits per heavy atom. The van der Waals surface area contributed by atoms with E-state index in [-0.39, 0.29) is 17.9 Å². The van der Waals surface area contributed by atoms with Gasteiger partial charge < -0.3 is 10.1 Å². The smallest absolute Gasteiger partial charge is 0.127 e. The molecule has 1 N–H and O–H groups in total. The summed E-state index contributed by atoms with van der Waals surface area (Å²) in [5.74, 6) is 0.685. The van der Waals surface area contributed by atoms with E-state index in [2.05, 4.69) is 19.2 Å². The third-order valence-corrected chi connectivity index (χ3v) is 3.75. The molecule has 0 amide bonds. The van der Waals surface area contributed by atoms with Crippen LogP contribution in [-0.4, -0.2) is 7.11 Å². The summed E-state index contributed by atoms with van der Waals surface area (Å²) in [5, 5.41) is 3.49. The van der Waals surface area contributed by atoms with Crippen molar-refractivity contribution in [3.8, 4) is 5.75 Å². The second-order valence-corrected chi connectivity index (χ2v) is 5.11. The standard InChI is InChI=1S/C18H22FNO/c1-4-17(15-10-5-7-11-16(15)19)20-13(2)14-9-6-8-12-18(14)21-3/h5-13,17,20H,4H2,1-3H3/t13-,17?/m0/s1. The van der Waals surface area contributed by atoms with Crippen molar-refractivity contribution in [3.63, 3.8) is 0 Å². The minimum atomic E-state index is -0.163. The number of para-hydroxylation sites is 1. The van der Waals surface area contributed by atoms with E-state index in [1.807, 2.05) is 36.4 Å². The van der Waals surface area contributed by atoms with Crippen molar-refractivity contribution in [2.24, 2.45) is 0 Å².